The van der Waals surface area contributed by atoms with Crippen LogP contribution >= 0.6 is 0 Å². The van der Waals surface area contributed by atoms with Crippen molar-refractivity contribution in [3.05, 3.63) is 23.8 Å². The van der Waals surface area contributed by atoms with Crippen LogP contribution in [0.4, 0.5) is 11.4 Å². The van der Waals surface area contributed by atoms with Crippen molar-refractivity contribution in [3.63, 3.8) is 0 Å². The Hall–Kier alpha value is -1.22. The molecule has 5 N–H and O–H groups in total. The van der Waals surface area contributed by atoms with Crippen molar-refractivity contribution in [1.82, 2.24) is 0 Å². The summed E-state index contributed by atoms with van der Waals surface area (Å²) in [6, 6.07) is 5.81. The summed E-state index contributed by atoms with van der Waals surface area (Å²) in [5.41, 5.74) is 14.0. The fraction of sp³-hybridized carbons (Fsp3) is 0.333. The number of aryl methyl sites for hydroxylation is 1. The molecule has 0 saturated carbocycles. The monoisotopic (exact) mass is 165 g/mol. The highest BCUT2D eigenvalue weighted by molar-refractivity contribution is 5.59. The topological polar surface area (TPSA) is 64.1 Å². The summed E-state index contributed by atoms with van der Waals surface area (Å²) in [7, 11) is 0. The number of nitrogen functional groups attached to an aromatic ring is 1. The van der Waals surface area contributed by atoms with Gasteiger partial charge < -0.3 is 16.8 Å². The summed E-state index contributed by atoms with van der Waals surface area (Å²) in [6.45, 7) is 3.46. The molecule has 0 aliphatic heterocycles. The lowest BCUT2D eigenvalue weighted by molar-refractivity contribution is 1.02. The minimum atomic E-state index is 0.633. The van der Waals surface area contributed by atoms with Gasteiger partial charge >= 0.3 is 0 Å². The van der Waals surface area contributed by atoms with Crippen molar-refractivity contribution in [1.29, 1.82) is 0 Å². The predicted molar refractivity (Wildman–Crippen MR) is 53.1 cm³/mol. The zero-order valence-electron chi connectivity index (χ0n) is 7.30. The van der Waals surface area contributed by atoms with Crippen molar-refractivity contribution in [2.24, 2.45) is 5.73 Å². The molecule has 1 rings (SSSR count). The molecular formula is C9H15N3. The molecule has 0 spiro atoms. The molecule has 0 aromatic heterocycles. The Bertz CT molecular complexity index is 258. The van der Waals surface area contributed by atoms with Crippen LogP contribution in [-0.2, 0) is 0 Å². The summed E-state index contributed by atoms with van der Waals surface area (Å²) in [6.07, 6.45) is 0. The highest BCUT2D eigenvalue weighted by atomic mass is 14.9. The van der Waals surface area contributed by atoms with E-state index in [2.05, 4.69) is 5.32 Å². The number of hydrogen-bond acceptors (Lipinski definition) is 3. The van der Waals surface area contributed by atoms with Crippen LogP contribution in [-0.4, -0.2) is 13.1 Å². The first-order chi connectivity index (χ1) is 5.74. The number of nitrogens with two attached hydrogens (primary N) is 2. The fourth-order valence-corrected chi connectivity index (χ4v) is 1.04. The molecule has 0 bridgehead atoms. The van der Waals surface area contributed by atoms with E-state index in [4.69, 9.17) is 11.5 Å². The predicted octanol–water partition coefficient (Wildman–Crippen LogP) is 0.948. The third-order valence-corrected chi connectivity index (χ3v) is 1.72. The normalized spacial score (nSPS) is 9.83. The number of rotatable bonds is 3. The second-order valence-electron chi connectivity index (χ2n) is 2.79. The Morgan fingerprint density at radius 2 is 2.17 bits per heavy atom. The van der Waals surface area contributed by atoms with E-state index in [9.17, 15) is 0 Å². The Morgan fingerprint density at radius 1 is 1.42 bits per heavy atom. The summed E-state index contributed by atoms with van der Waals surface area (Å²) in [5, 5.41) is 3.20. The molecule has 1 aromatic carbocycles. The molecule has 0 atom stereocenters. The van der Waals surface area contributed by atoms with E-state index in [0.717, 1.165) is 17.9 Å². The smallest absolute Gasteiger partial charge is 0.0390 e. The lowest BCUT2D eigenvalue weighted by atomic mass is 10.2. The van der Waals surface area contributed by atoms with E-state index in [1.165, 1.54) is 5.56 Å². The van der Waals surface area contributed by atoms with Gasteiger partial charge in [0.1, 0.15) is 0 Å². The lowest BCUT2D eigenvalue weighted by Gasteiger charge is -2.08. The number of benzene rings is 1. The lowest BCUT2D eigenvalue weighted by Crippen LogP contribution is -2.13. The van der Waals surface area contributed by atoms with Crippen LogP contribution in [0.25, 0.3) is 0 Å². The van der Waals surface area contributed by atoms with E-state index in [1.54, 1.807) is 0 Å². The van der Waals surface area contributed by atoms with E-state index in [0.29, 0.717) is 6.54 Å². The Labute approximate surface area is 72.8 Å². The van der Waals surface area contributed by atoms with Gasteiger partial charge in [0, 0.05) is 24.5 Å². The molecule has 0 radical (unpaired) electrons. The summed E-state index contributed by atoms with van der Waals surface area (Å²) in [4.78, 5) is 0. The van der Waals surface area contributed by atoms with Gasteiger partial charge in [-0.3, -0.25) is 0 Å². The standard InChI is InChI=1S/C9H15N3/c1-7-2-3-8(11)6-9(7)12-5-4-10/h2-3,6,12H,4-5,10-11H2,1H3. The van der Waals surface area contributed by atoms with Gasteiger partial charge in [0.05, 0.1) is 0 Å². The highest BCUT2D eigenvalue weighted by Gasteiger charge is 1.96. The molecule has 12 heavy (non-hydrogen) atoms. The second-order valence-corrected chi connectivity index (χ2v) is 2.79. The van der Waals surface area contributed by atoms with Crippen LogP contribution in [0.2, 0.25) is 0 Å². The van der Waals surface area contributed by atoms with Gasteiger partial charge in [-0.15, -0.1) is 0 Å². The van der Waals surface area contributed by atoms with Gasteiger partial charge in [-0.05, 0) is 24.6 Å². The minimum Gasteiger partial charge on any atom is -0.399 e. The molecule has 0 fully saturated rings. The molecule has 3 heteroatoms. The highest BCUT2D eigenvalue weighted by Crippen LogP contribution is 2.17. The molecule has 0 aliphatic rings. The Kier molecular flexibility index (Phi) is 2.94. The first-order valence-corrected chi connectivity index (χ1v) is 4.04. The maximum atomic E-state index is 5.63. The Balaban J connectivity index is 2.75. The quantitative estimate of drug-likeness (QED) is 0.584. The van der Waals surface area contributed by atoms with E-state index >= 15 is 0 Å². The molecule has 3 nitrogen and oxygen atoms in total. The number of anilines is 2. The van der Waals surface area contributed by atoms with Crippen molar-refractivity contribution >= 4 is 11.4 Å². The third kappa shape index (κ3) is 2.13. The van der Waals surface area contributed by atoms with E-state index < -0.39 is 0 Å². The molecule has 1 aromatic rings. The van der Waals surface area contributed by atoms with Gasteiger partial charge in [0.25, 0.3) is 0 Å². The van der Waals surface area contributed by atoms with Crippen molar-refractivity contribution in [3.8, 4) is 0 Å². The van der Waals surface area contributed by atoms with Crippen LogP contribution in [0.15, 0.2) is 18.2 Å². The van der Waals surface area contributed by atoms with Gasteiger partial charge in [-0.25, -0.2) is 0 Å². The van der Waals surface area contributed by atoms with Crippen LogP contribution in [0.3, 0.4) is 0 Å². The maximum Gasteiger partial charge on any atom is 0.0390 e. The average molecular weight is 165 g/mol. The largest absolute Gasteiger partial charge is 0.399 e. The first-order valence-electron chi connectivity index (χ1n) is 4.04. The van der Waals surface area contributed by atoms with Crippen LogP contribution in [0, 0.1) is 6.92 Å². The minimum absolute atomic E-state index is 0.633. The second kappa shape index (κ2) is 3.97. The van der Waals surface area contributed by atoms with Crippen molar-refractivity contribution < 1.29 is 0 Å². The summed E-state index contributed by atoms with van der Waals surface area (Å²) < 4.78 is 0. The van der Waals surface area contributed by atoms with Crippen molar-refractivity contribution in [2.45, 2.75) is 6.92 Å². The van der Waals surface area contributed by atoms with Gasteiger partial charge in [0.15, 0.2) is 0 Å². The zero-order valence-corrected chi connectivity index (χ0v) is 7.30. The Morgan fingerprint density at radius 3 is 2.83 bits per heavy atom. The van der Waals surface area contributed by atoms with Crippen LogP contribution in [0.1, 0.15) is 5.56 Å². The summed E-state index contributed by atoms with van der Waals surface area (Å²) >= 11 is 0. The van der Waals surface area contributed by atoms with E-state index in [-0.39, 0.29) is 0 Å². The van der Waals surface area contributed by atoms with Gasteiger partial charge in [0.2, 0.25) is 0 Å². The molecular weight excluding hydrogens is 150 g/mol. The van der Waals surface area contributed by atoms with Crippen molar-refractivity contribution in [2.75, 3.05) is 24.1 Å². The number of hydrogen-bond donors (Lipinski definition) is 3. The SMILES string of the molecule is Cc1ccc(N)cc1NCCN. The summed E-state index contributed by atoms with van der Waals surface area (Å²) in [5.74, 6) is 0. The van der Waals surface area contributed by atoms with Gasteiger partial charge in [-0.1, -0.05) is 6.07 Å². The number of nitrogens with one attached hydrogen (secondary N) is 1. The molecule has 0 saturated heterocycles. The zero-order chi connectivity index (χ0) is 8.97. The molecule has 0 aliphatic carbocycles. The fourth-order valence-electron chi connectivity index (χ4n) is 1.04. The third-order valence-electron chi connectivity index (χ3n) is 1.72. The maximum absolute atomic E-state index is 5.63. The molecule has 0 unspecified atom stereocenters. The first kappa shape index (κ1) is 8.87. The van der Waals surface area contributed by atoms with Gasteiger partial charge in [-0.2, -0.15) is 0 Å². The molecule has 66 valence electrons. The molecule has 0 heterocycles. The van der Waals surface area contributed by atoms with E-state index in [1.807, 2.05) is 25.1 Å². The van der Waals surface area contributed by atoms with Crippen LogP contribution < -0.4 is 16.8 Å². The average Bonchev–Trinajstić information content (AvgIpc) is 2.07. The van der Waals surface area contributed by atoms with Crippen LogP contribution in [0.5, 0.6) is 0 Å². The molecule has 0 amide bonds.